The summed E-state index contributed by atoms with van der Waals surface area (Å²) < 4.78 is 0. The number of hydrogen-bond acceptors (Lipinski definition) is 2. The van der Waals surface area contributed by atoms with Crippen molar-refractivity contribution in [3.05, 3.63) is 22.4 Å². The molecule has 84 valence electrons. The van der Waals surface area contributed by atoms with Gasteiger partial charge in [-0.15, -0.1) is 11.3 Å². The third kappa shape index (κ3) is 2.82. The second-order valence-corrected chi connectivity index (χ2v) is 5.43. The van der Waals surface area contributed by atoms with Crippen molar-refractivity contribution in [2.24, 2.45) is 5.92 Å². The van der Waals surface area contributed by atoms with Crippen molar-refractivity contribution in [1.29, 1.82) is 0 Å². The van der Waals surface area contributed by atoms with Crippen LogP contribution in [0.2, 0.25) is 0 Å². The highest BCUT2D eigenvalue weighted by atomic mass is 32.1. The Labute approximate surface area is 96.9 Å². The lowest BCUT2D eigenvalue weighted by atomic mass is 9.83. The Kier molecular flexibility index (Phi) is 4.21. The Balaban J connectivity index is 2.04. The van der Waals surface area contributed by atoms with Crippen LogP contribution < -0.4 is 5.32 Å². The maximum Gasteiger partial charge on any atom is 0.0443 e. The van der Waals surface area contributed by atoms with Crippen molar-refractivity contribution < 1.29 is 0 Å². The first-order valence-electron chi connectivity index (χ1n) is 6.18. The molecule has 1 unspecified atom stereocenters. The van der Waals surface area contributed by atoms with Gasteiger partial charge in [0.05, 0.1) is 0 Å². The van der Waals surface area contributed by atoms with Crippen LogP contribution in [0.5, 0.6) is 0 Å². The van der Waals surface area contributed by atoms with Gasteiger partial charge in [-0.2, -0.15) is 0 Å². The molecule has 0 saturated heterocycles. The van der Waals surface area contributed by atoms with E-state index in [0.717, 1.165) is 12.5 Å². The number of hydrogen-bond donors (Lipinski definition) is 1. The minimum atomic E-state index is 0.621. The number of nitrogens with one attached hydrogen (secondary N) is 1. The van der Waals surface area contributed by atoms with Gasteiger partial charge in [0.2, 0.25) is 0 Å². The fourth-order valence-electron chi connectivity index (χ4n) is 2.66. The summed E-state index contributed by atoms with van der Waals surface area (Å²) in [6.45, 7) is 3.29. The molecular weight excluding hydrogens is 202 g/mol. The van der Waals surface area contributed by atoms with E-state index < -0.39 is 0 Å². The molecule has 1 N–H and O–H groups in total. The smallest absolute Gasteiger partial charge is 0.0443 e. The van der Waals surface area contributed by atoms with Gasteiger partial charge in [-0.1, -0.05) is 32.3 Å². The maximum absolute atomic E-state index is 3.67. The van der Waals surface area contributed by atoms with E-state index in [4.69, 9.17) is 0 Å². The molecule has 1 aliphatic carbocycles. The lowest BCUT2D eigenvalue weighted by Gasteiger charge is -2.30. The fraction of sp³-hybridized carbons (Fsp3) is 0.692. The fourth-order valence-corrected chi connectivity index (χ4v) is 3.55. The molecule has 1 saturated carbocycles. The third-order valence-electron chi connectivity index (χ3n) is 3.39. The van der Waals surface area contributed by atoms with E-state index >= 15 is 0 Å². The van der Waals surface area contributed by atoms with E-state index in [-0.39, 0.29) is 0 Å². The molecule has 15 heavy (non-hydrogen) atoms. The lowest BCUT2D eigenvalue weighted by Crippen LogP contribution is -2.28. The Bertz CT molecular complexity index is 262. The van der Waals surface area contributed by atoms with Gasteiger partial charge in [-0.3, -0.25) is 0 Å². The molecule has 0 spiro atoms. The molecule has 1 aliphatic rings. The molecule has 0 radical (unpaired) electrons. The van der Waals surface area contributed by atoms with E-state index in [0.29, 0.717) is 6.04 Å². The molecule has 0 aromatic carbocycles. The Morgan fingerprint density at radius 2 is 2.20 bits per heavy atom. The molecule has 1 aromatic heterocycles. The van der Waals surface area contributed by atoms with Crippen LogP contribution in [-0.2, 0) is 0 Å². The van der Waals surface area contributed by atoms with E-state index in [9.17, 15) is 0 Å². The largest absolute Gasteiger partial charge is 0.309 e. The summed E-state index contributed by atoms with van der Waals surface area (Å²) in [4.78, 5) is 1.53. The average Bonchev–Trinajstić information content (AvgIpc) is 2.80. The Morgan fingerprint density at radius 3 is 2.80 bits per heavy atom. The van der Waals surface area contributed by atoms with Crippen LogP contribution in [0.15, 0.2) is 17.5 Å². The molecule has 1 heterocycles. The van der Waals surface area contributed by atoms with E-state index in [1.807, 2.05) is 11.3 Å². The summed E-state index contributed by atoms with van der Waals surface area (Å²) in [6.07, 6.45) is 7.13. The topological polar surface area (TPSA) is 12.0 Å². The minimum absolute atomic E-state index is 0.621. The standard InChI is InChI=1S/C13H21NS/c1-2-14-13(12-9-6-10-15-12)11-7-4-3-5-8-11/h6,9-11,13-14H,2-5,7-8H2,1H3. The molecular formula is C13H21NS. The third-order valence-corrected chi connectivity index (χ3v) is 4.35. The normalized spacial score (nSPS) is 20.3. The number of rotatable bonds is 4. The average molecular weight is 223 g/mol. The second-order valence-electron chi connectivity index (χ2n) is 4.45. The van der Waals surface area contributed by atoms with Crippen molar-refractivity contribution in [2.75, 3.05) is 6.54 Å². The molecule has 1 atom stereocenters. The molecule has 1 aromatic rings. The van der Waals surface area contributed by atoms with Crippen LogP contribution in [0.25, 0.3) is 0 Å². The van der Waals surface area contributed by atoms with Crippen LogP contribution in [0.1, 0.15) is 49.9 Å². The van der Waals surface area contributed by atoms with Gasteiger partial charge in [0.1, 0.15) is 0 Å². The minimum Gasteiger partial charge on any atom is -0.309 e. The first kappa shape index (κ1) is 11.2. The zero-order chi connectivity index (χ0) is 10.5. The first-order chi connectivity index (χ1) is 7.42. The predicted molar refractivity (Wildman–Crippen MR) is 67.3 cm³/mol. The van der Waals surface area contributed by atoms with Crippen molar-refractivity contribution in [1.82, 2.24) is 5.32 Å². The highest BCUT2D eigenvalue weighted by Crippen LogP contribution is 2.35. The van der Waals surface area contributed by atoms with Gasteiger partial charge in [0.25, 0.3) is 0 Å². The molecule has 2 heteroatoms. The predicted octanol–water partition coefficient (Wildman–Crippen LogP) is 3.98. The summed E-state index contributed by atoms with van der Waals surface area (Å²) in [5.74, 6) is 0.873. The summed E-state index contributed by atoms with van der Waals surface area (Å²) in [6, 6.07) is 5.08. The van der Waals surface area contributed by atoms with Crippen molar-refractivity contribution in [2.45, 2.75) is 45.1 Å². The summed E-state index contributed by atoms with van der Waals surface area (Å²) in [5, 5.41) is 5.86. The monoisotopic (exact) mass is 223 g/mol. The van der Waals surface area contributed by atoms with Crippen LogP contribution in [-0.4, -0.2) is 6.54 Å². The van der Waals surface area contributed by atoms with E-state index in [1.54, 1.807) is 0 Å². The molecule has 1 nitrogen and oxygen atoms in total. The van der Waals surface area contributed by atoms with Crippen LogP contribution in [0.4, 0.5) is 0 Å². The van der Waals surface area contributed by atoms with Gasteiger partial charge >= 0.3 is 0 Å². The second kappa shape index (κ2) is 5.66. The van der Waals surface area contributed by atoms with Gasteiger partial charge < -0.3 is 5.32 Å². The quantitative estimate of drug-likeness (QED) is 0.814. The molecule has 0 amide bonds. The van der Waals surface area contributed by atoms with Crippen molar-refractivity contribution in [3.8, 4) is 0 Å². The van der Waals surface area contributed by atoms with Crippen LogP contribution >= 0.6 is 11.3 Å². The van der Waals surface area contributed by atoms with Gasteiger partial charge in [0.15, 0.2) is 0 Å². The Morgan fingerprint density at radius 1 is 1.40 bits per heavy atom. The SMILES string of the molecule is CCNC(c1cccs1)C1CCCCC1. The van der Waals surface area contributed by atoms with Crippen molar-refractivity contribution >= 4 is 11.3 Å². The first-order valence-corrected chi connectivity index (χ1v) is 7.06. The zero-order valence-corrected chi connectivity index (χ0v) is 10.4. The highest BCUT2D eigenvalue weighted by Gasteiger charge is 2.24. The molecule has 1 fully saturated rings. The Hall–Kier alpha value is -0.340. The highest BCUT2D eigenvalue weighted by molar-refractivity contribution is 7.10. The number of thiophene rings is 1. The van der Waals surface area contributed by atoms with E-state index in [1.165, 1.54) is 37.0 Å². The van der Waals surface area contributed by atoms with Gasteiger partial charge in [-0.05, 0) is 36.8 Å². The van der Waals surface area contributed by atoms with Gasteiger partial charge in [0, 0.05) is 10.9 Å². The molecule has 2 rings (SSSR count). The summed E-state index contributed by atoms with van der Waals surface area (Å²) in [5.41, 5.74) is 0. The summed E-state index contributed by atoms with van der Waals surface area (Å²) in [7, 11) is 0. The van der Waals surface area contributed by atoms with E-state index in [2.05, 4.69) is 29.8 Å². The lowest BCUT2D eigenvalue weighted by molar-refractivity contribution is 0.277. The van der Waals surface area contributed by atoms with Gasteiger partial charge in [-0.25, -0.2) is 0 Å². The van der Waals surface area contributed by atoms with Crippen LogP contribution in [0.3, 0.4) is 0 Å². The molecule has 0 aliphatic heterocycles. The van der Waals surface area contributed by atoms with Crippen LogP contribution in [0, 0.1) is 5.92 Å². The van der Waals surface area contributed by atoms with Crippen molar-refractivity contribution in [3.63, 3.8) is 0 Å². The maximum atomic E-state index is 3.67. The molecule has 0 bridgehead atoms. The summed E-state index contributed by atoms with van der Waals surface area (Å²) >= 11 is 1.90. The zero-order valence-electron chi connectivity index (χ0n) is 9.54.